The van der Waals surface area contributed by atoms with Crippen molar-refractivity contribution < 1.29 is 28.2 Å². The number of amides is 1. The van der Waals surface area contributed by atoms with Gasteiger partial charge in [0.25, 0.3) is 0 Å². The Bertz CT molecular complexity index is 530. The van der Waals surface area contributed by atoms with Gasteiger partial charge in [0.2, 0.25) is 11.5 Å². The minimum absolute atomic E-state index is 0. The highest BCUT2D eigenvalue weighted by atomic mass is 35.5. The van der Waals surface area contributed by atoms with Crippen molar-refractivity contribution in [2.24, 2.45) is 0 Å². The van der Waals surface area contributed by atoms with Gasteiger partial charge in [0, 0.05) is 6.54 Å². The van der Waals surface area contributed by atoms with E-state index >= 15 is 0 Å². The number of alkyl halides is 3. The molecule has 9 heteroatoms. The quantitative estimate of drug-likeness (QED) is 0.641. The van der Waals surface area contributed by atoms with E-state index in [1.54, 1.807) is 0 Å². The van der Waals surface area contributed by atoms with Gasteiger partial charge in [-0.25, -0.2) is 0 Å². The lowest BCUT2D eigenvalue weighted by molar-refractivity contribution is -0.264. The molecule has 1 aliphatic heterocycles. The molecule has 0 spiro atoms. The first-order valence-corrected chi connectivity index (χ1v) is 6.78. The van der Waals surface area contributed by atoms with E-state index in [4.69, 9.17) is 0 Å². The summed E-state index contributed by atoms with van der Waals surface area (Å²) in [6.45, 7) is -0.784. The zero-order valence-corrected chi connectivity index (χ0v) is 12.8. The molecule has 2 rings (SSSR count). The maximum absolute atomic E-state index is 13.2. The fourth-order valence-corrected chi connectivity index (χ4v) is 2.33. The van der Waals surface area contributed by atoms with Crippen LogP contribution in [-0.2, 0) is 10.4 Å². The van der Waals surface area contributed by atoms with E-state index in [9.17, 15) is 28.2 Å². The Morgan fingerprint density at radius 3 is 2.39 bits per heavy atom. The van der Waals surface area contributed by atoms with Crippen molar-refractivity contribution in [1.29, 1.82) is 0 Å². The minimum Gasteiger partial charge on any atom is -0.392 e. The van der Waals surface area contributed by atoms with Crippen molar-refractivity contribution in [1.82, 2.24) is 10.6 Å². The molecule has 1 heterocycles. The lowest BCUT2D eigenvalue weighted by Gasteiger charge is -2.31. The van der Waals surface area contributed by atoms with E-state index in [1.165, 1.54) is 18.2 Å². The highest BCUT2D eigenvalue weighted by Crippen LogP contribution is 2.38. The zero-order chi connectivity index (χ0) is 16.4. The molecule has 1 aliphatic rings. The van der Waals surface area contributed by atoms with E-state index in [0.29, 0.717) is 0 Å². The fraction of sp³-hybridized carbons (Fsp3) is 0.500. The number of hydrogen-bond donors (Lipinski definition) is 4. The summed E-state index contributed by atoms with van der Waals surface area (Å²) < 4.78 is 39.7. The second-order valence-corrected chi connectivity index (χ2v) is 5.29. The van der Waals surface area contributed by atoms with E-state index in [2.05, 4.69) is 10.6 Å². The summed E-state index contributed by atoms with van der Waals surface area (Å²) in [6, 6.07) is 5.83. The number of rotatable bonds is 4. The Hall–Kier alpha value is -1.35. The molecule has 3 atom stereocenters. The zero-order valence-electron chi connectivity index (χ0n) is 12.0. The predicted molar refractivity (Wildman–Crippen MR) is 79.1 cm³/mol. The summed E-state index contributed by atoms with van der Waals surface area (Å²) >= 11 is 0. The highest BCUT2D eigenvalue weighted by molar-refractivity contribution is 5.85. The minimum atomic E-state index is -4.94. The topological polar surface area (TPSA) is 81.6 Å². The van der Waals surface area contributed by atoms with Crippen molar-refractivity contribution in [2.75, 3.05) is 13.1 Å². The molecule has 0 saturated carbocycles. The summed E-state index contributed by atoms with van der Waals surface area (Å²) in [6.07, 6.45) is -5.52. The lowest BCUT2D eigenvalue weighted by atomic mass is 9.93. The highest BCUT2D eigenvalue weighted by Gasteiger charge is 2.55. The molecule has 5 nitrogen and oxygen atoms in total. The van der Waals surface area contributed by atoms with E-state index < -0.39 is 36.4 Å². The Balaban J connectivity index is 0.00000264. The molecule has 130 valence electrons. The second kappa shape index (κ2) is 7.48. The number of carbonyl (C=O) groups excluding carboxylic acids is 1. The number of benzene rings is 1. The summed E-state index contributed by atoms with van der Waals surface area (Å²) in [5, 5.41) is 24.2. The Kier molecular flexibility index (Phi) is 6.41. The smallest absolute Gasteiger partial charge is 0.392 e. The third-order valence-corrected chi connectivity index (χ3v) is 3.66. The van der Waals surface area contributed by atoms with Crippen LogP contribution in [0.4, 0.5) is 13.2 Å². The predicted octanol–water partition coefficient (Wildman–Crippen LogP) is 0.697. The van der Waals surface area contributed by atoms with Crippen molar-refractivity contribution in [3.05, 3.63) is 35.9 Å². The molecule has 1 aromatic carbocycles. The average molecular weight is 355 g/mol. The van der Waals surface area contributed by atoms with Gasteiger partial charge in [0.05, 0.1) is 18.7 Å². The van der Waals surface area contributed by atoms with Crippen LogP contribution >= 0.6 is 12.4 Å². The number of halogens is 4. The Labute approximate surface area is 137 Å². The number of β-amino-alcohol motifs (C(OH)–C–C–N with tert-alkyl or cyclic N) is 1. The molecule has 1 saturated heterocycles. The number of hydrogen-bond acceptors (Lipinski definition) is 4. The molecule has 0 aromatic heterocycles. The largest absolute Gasteiger partial charge is 0.423 e. The van der Waals surface area contributed by atoms with E-state index in [-0.39, 0.29) is 30.9 Å². The van der Waals surface area contributed by atoms with Crippen molar-refractivity contribution in [3.8, 4) is 0 Å². The van der Waals surface area contributed by atoms with E-state index in [1.807, 2.05) is 0 Å². The van der Waals surface area contributed by atoms with Crippen LogP contribution in [0.5, 0.6) is 0 Å². The number of nitrogens with one attached hydrogen (secondary N) is 2. The molecule has 1 amide bonds. The van der Waals surface area contributed by atoms with Gasteiger partial charge in [-0.1, -0.05) is 30.3 Å². The van der Waals surface area contributed by atoms with Crippen LogP contribution in [-0.4, -0.2) is 47.5 Å². The number of carbonyl (C=O) groups is 1. The molecular weight excluding hydrogens is 337 g/mol. The lowest BCUT2D eigenvalue weighted by Crippen LogP contribution is -2.53. The molecule has 4 N–H and O–H groups in total. The molecule has 1 fully saturated rings. The summed E-state index contributed by atoms with van der Waals surface area (Å²) in [5.41, 5.74) is -3.51. The van der Waals surface area contributed by atoms with E-state index in [0.717, 1.165) is 12.1 Å². The SMILES string of the molecule is Cl.O=C(NCC(O)(c1ccccc1)C(F)(F)F)C1CC(O)CN1. The normalized spacial score (nSPS) is 23.7. The summed E-state index contributed by atoms with van der Waals surface area (Å²) in [7, 11) is 0. The fourth-order valence-electron chi connectivity index (χ4n) is 2.33. The molecule has 0 bridgehead atoms. The number of aliphatic hydroxyl groups is 2. The van der Waals surface area contributed by atoms with Gasteiger partial charge in [0.15, 0.2) is 0 Å². The van der Waals surface area contributed by atoms with Crippen molar-refractivity contribution in [3.63, 3.8) is 0 Å². The Morgan fingerprint density at radius 2 is 1.91 bits per heavy atom. The van der Waals surface area contributed by atoms with Crippen LogP contribution in [0.2, 0.25) is 0 Å². The van der Waals surface area contributed by atoms with Gasteiger partial charge in [-0.2, -0.15) is 13.2 Å². The van der Waals surface area contributed by atoms with Gasteiger partial charge >= 0.3 is 6.18 Å². The van der Waals surface area contributed by atoms with Crippen LogP contribution in [0.25, 0.3) is 0 Å². The van der Waals surface area contributed by atoms with Crippen molar-refractivity contribution >= 4 is 18.3 Å². The molecule has 0 radical (unpaired) electrons. The molecule has 1 aromatic rings. The van der Waals surface area contributed by atoms with Gasteiger partial charge in [0.1, 0.15) is 0 Å². The summed E-state index contributed by atoms with van der Waals surface area (Å²) in [4.78, 5) is 11.8. The molecule has 0 aliphatic carbocycles. The van der Waals surface area contributed by atoms with Gasteiger partial charge in [-0.3, -0.25) is 4.79 Å². The maximum Gasteiger partial charge on any atom is 0.423 e. The standard InChI is InChI=1S/C14H17F3N2O3.ClH/c15-14(16,17)13(22,9-4-2-1-3-5-9)8-19-12(21)11-6-10(20)7-18-11;/h1-5,10-11,18,20,22H,6-8H2,(H,19,21);1H. The summed E-state index contributed by atoms with van der Waals surface area (Å²) in [5.74, 6) is -0.685. The van der Waals surface area contributed by atoms with Gasteiger partial charge in [-0.15, -0.1) is 12.4 Å². The second-order valence-electron chi connectivity index (χ2n) is 5.29. The average Bonchev–Trinajstić information content (AvgIpc) is 2.91. The first-order valence-electron chi connectivity index (χ1n) is 6.78. The molecule has 3 unspecified atom stereocenters. The van der Waals surface area contributed by atoms with Crippen LogP contribution in [0.15, 0.2) is 30.3 Å². The first-order chi connectivity index (χ1) is 10.2. The third kappa shape index (κ3) is 4.35. The third-order valence-electron chi connectivity index (χ3n) is 3.66. The monoisotopic (exact) mass is 354 g/mol. The number of aliphatic hydroxyl groups excluding tert-OH is 1. The van der Waals surface area contributed by atoms with Crippen LogP contribution in [0.1, 0.15) is 12.0 Å². The van der Waals surface area contributed by atoms with Crippen molar-refractivity contribution in [2.45, 2.75) is 30.3 Å². The van der Waals surface area contributed by atoms with Crippen LogP contribution in [0.3, 0.4) is 0 Å². The van der Waals surface area contributed by atoms with Crippen LogP contribution in [0, 0.1) is 0 Å². The molecule has 23 heavy (non-hydrogen) atoms. The molecular formula is C14H18ClF3N2O3. The first kappa shape index (κ1) is 19.7. The maximum atomic E-state index is 13.2. The Morgan fingerprint density at radius 1 is 1.30 bits per heavy atom. The van der Waals surface area contributed by atoms with Gasteiger partial charge < -0.3 is 20.8 Å². The van der Waals surface area contributed by atoms with Crippen LogP contribution < -0.4 is 10.6 Å². The van der Waals surface area contributed by atoms with Gasteiger partial charge in [-0.05, 0) is 12.0 Å².